The fourth-order valence-electron chi connectivity index (χ4n) is 1.90. The number of hydrogen-bond acceptors (Lipinski definition) is 3. The van der Waals surface area contributed by atoms with Gasteiger partial charge in [0, 0.05) is 18.2 Å². The first-order chi connectivity index (χ1) is 7.94. The maximum Gasteiger partial charge on any atom is 0.411 e. The van der Waals surface area contributed by atoms with Gasteiger partial charge in [-0.25, -0.2) is 4.98 Å². The number of aromatic nitrogens is 2. The van der Waals surface area contributed by atoms with E-state index < -0.39 is 12.8 Å². The van der Waals surface area contributed by atoms with E-state index in [2.05, 4.69) is 14.7 Å². The van der Waals surface area contributed by atoms with Gasteiger partial charge in [0.25, 0.3) is 0 Å². The molecule has 4 nitrogen and oxygen atoms in total. The van der Waals surface area contributed by atoms with E-state index in [1.165, 1.54) is 0 Å². The Morgan fingerprint density at radius 2 is 2.24 bits per heavy atom. The lowest BCUT2D eigenvalue weighted by Crippen LogP contribution is -2.27. The van der Waals surface area contributed by atoms with Crippen LogP contribution in [0.3, 0.4) is 0 Å². The molecule has 96 valence electrons. The molecule has 0 radical (unpaired) electrons. The molecule has 0 aliphatic heterocycles. The number of nitrogens with one attached hydrogen (secondary N) is 1. The first kappa shape index (κ1) is 12.4. The molecule has 2 rings (SSSR count). The van der Waals surface area contributed by atoms with Crippen molar-refractivity contribution in [3.63, 3.8) is 0 Å². The van der Waals surface area contributed by atoms with Crippen LogP contribution in [-0.2, 0) is 24.2 Å². The zero-order valence-electron chi connectivity index (χ0n) is 9.18. The normalized spacial score (nSPS) is 20.4. The summed E-state index contributed by atoms with van der Waals surface area (Å²) in [4.78, 5) is 7.17. The summed E-state index contributed by atoms with van der Waals surface area (Å²) in [5.41, 5.74) is 7.61. The van der Waals surface area contributed by atoms with Gasteiger partial charge in [-0.1, -0.05) is 0 Å². The van der Waals surface area contributed by atoms with E-state index in [0.717, 1.165) is 24.2 Å². The summed E-state index contributed by atoms with van der Waals surface area (Å²) in [6, 6.07) is 0.104. The average Bonchev–Trinajstić information content (AvgIpc) is 2.57. The SMILES string of the molecule is NC1CCc2nc(COCC(F)(F)F)[nH]c2C1. The first-order valence-electron chi connectivity index (χ1n) is 5.41. The van der Waals surface area contributed by atoms with E-state index in [0.29, 0.717) is 12.2 Å². The fourth-order valence-corrected chi connectivity index (χ4v) is 1.90. The van der Waals surface area contributed by atoms with E-state index in [1.54, 1.807) is 0 Å². The highest BCUT2D eigenvalue weighted by Crippen LogP contribution is 2.19. The third-order valence-corrected chi connectivity index (χ3v) is 2.64. The van der Waals surface area contributed by atoms with Gasteiger partial charge in [0.1, 0.15) is 19.0 Å². The summed E-state index contributed by atoms with van der Waals surface area (Å²) < 4.78 is 40.1. The Labute approximate surface area is 96.4 Å². The minimum absolute atomic E-state index is 0.104. The number of hydrogen-bond donors (Lipinski definition) is 2. The number of halogens is 3. The quantitative estimate of drug-likeness (QED) is 0.848. The van der Waals surface area contributed by atoms with Gasteiger partial charge in [0.05, 0.1) is 5.69 Å². The molecule has 0 bridgehead atoms. The largest absolute Gasteiger partial charge is 0.411 e. The molecule has 1 aromatic rings. The van der Waals surface area contributed by atoms with Crippen LogP contribution in [-0.4, -0.2) is 28.8 Å². The standard InChI is InChI=1S/C10H14F3N3O/c11-10(12,13)5-17-4-9-15-7-2-1-6(14)3-8(7)16-9/h6H,1-5,14H2,(H,15,16). The lowest BCUT2D eigenvalue weighted by atomic mass is 9.97. The minimum Gasteiger partial charge on any atom is -0.364 e. The zero-order valence-corrected chi connectivity index (χ0v) is 9.18. The van der Waals surface area contributed by atoms with Gasteiger partial charge >= 0.3 is 6.18 Å². The molecule has 0 fully saturated rings. The molecule has 0 saturated heterocycles. The Morgan fingerprint density at radius 1 is 1.47 bits per heavy atom. The van der Waals surface area contributed by atoms with Crippen molar-refractivity contribution in [1.82, 2.24) is 9.97 Å². The number of ether oxygens (including phenoxy) is 1. The first-order valence-corrected chi connectivity index (χ1v) is 5.41. The van der Waals surface area contributed by atoms with Gasteiger partial charge in [-0.2, -0.15) is 13.2 Å². The van der Waals surface area contributed by atoms with Crippen LogP contribution in [0.1, 0.15) is 23.6 Å². The Bertz CT molecular complexity index is 389. The van der Waals surface area contributed by atoms with Crippen LogP contribution in [0, 0.1) is 0 Å². The number of H-pyrrole nitrogens is 1. The van der Waals surface area contributed by atoms with Gasteiger partial charge in [0.15, 0.2) is 0 Å². The minimum atomic E-state index is -4.30. The predicted octanol–water partition coefficient (Wildman–Crippen LogP) is 1.30. The van der Waals surface area contributed by atoms with Crippen LogP contribution in [0.15, 0.2) is 0 Å². The van der Waals surface area contributed by atoms with Gasteiger partial charge in [-0.3, -0.25) is 0 Å². The summed E-state index contributed by atoms with van der Waals surface area (Å²) >= 11 is 0. The van der Waals surface area contributed by atoms with Crippen molar-refractivity contribution >= 4 is 0 Å². The molecule has 7 heteroatoms. The van der Waals surface area contributed by atoms with Gasteiger partial charge in [0.2, 0.25) is 0 Å². The number of imidazole rings is 1. The molecule has 1 atom stereocenters. The van der Waals surface area contributed by atoms with E-state index in [4.69, 9.17) is 5.73 Å². The molecule has 1 unspecified atom stereocenters. The van der Waals surface area contributed by atoms with Crippen molar-refractivity contribution < 1.29 is 17.9 Å². The number of fused-ring (bicyclic) bond motifs is 1. The maximum atomic E-state index is 11.9. The Kier molecular flexibility index (Phi) is 3.39. The van der Waals surface area contributed by atoms with Crippen LogP contribution >= 0.6 is 0 Å². The fraction of sp³-hybridized carbons (Fsp3) is 0.700. The van der Waals surface area contributed by atoms with Crippen molar-refractivity contribution in [3.05, 3.63) is 17.2 Å². The van der Waals surface area contributed by atoms with Crippen LogP contribution in [0.5, 0.6) is 0 Å². The molecule has 1 heterocycles. The number of aryl methyl sites for hydroxylation is 1. The van der Waals surface area contributed by atoms with Crippen molar-refractivity contribution in [3.8, 4) is 0 Å². The lowest BCUT2D eigenvalue weighted by molar-refractivity contribution is -0.177. The summed E-state index contributed by atoms with van der Waals surface area (Å²) in [6.07, 6.45) is -1.97. The van der Waals surface area contributed by atoms with E-state index in [9.17, 15) is 13.2 Å². The Balaban J connectivity index is 1.90. The number of rotatable bonds is 3. The summed E-state index contributed by atoms with van der Waals surface area (Å²) in [5.74, 6) is 0.438. The molecule has 0 amide bonds. The highest BCUT2D eigenvalue weighted by atomic mass is 19.4. The Morgan fingerprint density at radius 3 is 2.94 bits per heavy atom. The predicted molar refractivity (Wildman–Crippen MR) is 54.3 cm³/mol. The van der Waals surface area contributed by atoms with Crippen molar-refractivity contribution in [2.24, 2.45) is 5.73 Å². The molecule has 1 aliphatic rings. The van der Waals surface area contributed by atoms with Crippen LogP contribution in [0.4, 0.5) is 13.2 Å². The average molecular weight is 249 g/mol. The van der Waals surface area contributed by atoms with E-state index in [1.807, 2.05) is 0 Å². The maximum absolute atomic E-state index is 11.9. The smallest absolute Gasteiger partial charge is 0.364 e. The van der Waals surface area contributed by atoms with Crippen molar-refractivity contribution in [2.45, 2.75) is 38.1 Å². The van der Waals surface area contributed by atoms with Crippen LogP contribution in [0.2, 0.25) is 0 Å². The second kappa shape index (κ2) is 4.66. The second-order valence-corrected chi connectivity index (χ2v) is 4.22. The van der Waals surface area contributed by atoms with Crippen molar-refractivity contribution in [1.29, 1.82) is 0 Å². The highest BCUT2D eigenvalue weighted by molar-refractivity contribution is 5.19. The summed E-state index contributed by atoms with van der Waals surface area (Å²) in [5, 5.41) is 0. The van der Waals surface area contributed by atoms with Crippen LogP contribution in [0.25, 0.3) is 0 Å². The topological polar surface area (TPSA) is 63.9 Å². The Hall–Kier alpha value is -1.08. The van der Waals surface area contributed by atoms with Crippen molar-refractivity contribution in [2.75, 3.05) is 6.61 Å². The summed E-state index contributed by atoms with van der Waals surface area (Å²) in [6.45, 7) is -1.40. The lowest BCUT2D eigenvalue weighted by Gasteiger charge is -2.15. The molecule has 0 aromatic carbocycles. The third-order valence-electron chi connectivity index (χ3n) is 2.64. The third kappa shape index (κ3) is 3.44. The van der Waals surface area contributed by atoms with Crippen LogP contribution < -0.4 is 5.73 Å². The van der Waals surface area contributed by atoms with Gasteiger partial charge in [-0.05, 0) is 12.8 Å². The number of nitrogens with zero attached hydrogens (tertiary/aromatic N) is 1. The molecule has 0 spiro atoms. The highest BCUT2D eigenvalue weighted by Gasteiger charge is 2.27. The van der Waals surface area contributed by atoms with Gasteiger partial charge in [-0.15, -0.1) is 0 Å². The number of alkyl halides is 3. The number of nitrogens with two attached hydrogens (primary N) is 1. The monoisotopic (exact) mass is 249 g/mol. The molecule has 1 aliphatic carbocycles. The molecular weight excluding hydrogens is 235 g/mol. The summed E-state index contributed by atoms with van der Waals surface area (Å²) in [7, 11) is 0. The molecular formula is C10H14F3N3O. The molecule has 17 heavy (non-hydrogen) atoms. The second-order valence-electron chi connectivity index (χ2n) is 4.22. The van der Waals surface area contributed by atoms with E-state index in [-0.39, 0.29) is 12.6 Å². The zero-order chi connectivity index (χ0) is 12.5. The molecule has 3 N–H and O–H groups in total. The van der Waals surface area contributed by atoms with E-state index >= 15 is 0 Å². The number of aromatic amines is 1. The molecule has 0 saturated carbocycles. The van der Waals surface area contributed by atoms with Gasteiger partial charge < -0.3 is 15.5 Å². The molecule has 1 aromatic heterocycles.